The number of aliphatic hydroxyl groups is 1. The molecule has 0 aliphatic rings. The molecule has 0 fully saturated rings. The van der Waals surface area contributed by atoms with Gasteiger partial charge in [-0.1, -0.05) is 76.4 Å². The van der Waals surface area contributed by atoms with Crippen LogP contribution in [0.25, 0.3) is 0 Å². The lowest BCUT2D eigenvalue weighted by molar-refractivity contribution is 0.282. The Morgan fingerprint density at radius 2 is 0.870 bits per heavy atom. The van der Waals surface area contributed by atoms with Gasteiger partial charge in [-0.2, -0.15) is 0 Å². The zero-order valence-corrected chi connectivity index (χ0v) is 16.1. The van der Waals surface area contributed by atoms with Crippen molar-refractivity contribution in [1.82, 2.24) is 0 Å². The van der Waals surface area contributed by atoms with Gasteiger partial charge in [0.25, 0.3) is 0 Å². The van der Waals surface area contributed by atoms with Crippen molar-refractivity contribution in [1.29, 1.82) is 0 Å². The van der Waals surface area contributed by atoms with Gasteiger partial charge in [0.05, 0.1) is 0 Å². The molecule has 23 heavy (non-hydrogen) atoms. The predicted molar refractivity (Wildman–Crippen MR) is 106 cm³/mol. The first-order valence-electron chi connectivity index (χ1n) is 9.87. The van der Waals surface area contributed by atoms with Crippen molar-refractivity contribution in [3.63, 3.8) is 0 Å². The normalized spacial score (nSPS) is 11.0. The summed E-state index contributed by atoms with van der Waals surface area (Å²) in [7, 11) is 0. The summed E-state index contributed by atoms with van der Waals surface area (Å²) in [5, 5.41) is 8.69. The molecule has 0 amide bonds. The van der Waals surface area contributed by atoms with Crippen molar-refractivity contribution >= 4 is 12.4 Å². The minimum atomic E-state index is 0. The number of unbranched alkanes of at least 4 members (excludes halogenated alkanes) is 14. The Morgan fingerprint density at radius 3 is 1.26 bits per heavy atom. The van der Waals surface area contributed by atoms with Crippen LogP contribution in [0.1, 0.15) is 103 Å². The van der Waals surface area contributed by atoms with E-state index in [1.807, 2.05) is 0 Å². The van der Waals surface area contributed by atoms with E-state index in [4.69, 9.17) is 10.8 Å². The highest BCUT2D eigenvalue weighted by Gasteiger charge is 1.92. The van der Waals surface area contributed by atoms with E-state index in [0.717, 1.165) is 13.0 Å². The van der Waals surface area contributed by atoms with Gasteiger partial charge in [0.2, 0.25) is 0 Å². The molecular formula is C20H42ClNO. The second kappa shape index (κ2) is 24.2. The monoisotopic (exact) mass is 347 g/mol. The van der Waals surface area contributed by atoms with Crippen molar-refractivity contribution in [2.24, 2.45) is 5.73 Å². The third-order valence-electron chi connectivity index (χ3n) is 4.27. The van der Waals surface area contributed by atoms with Crippen LogP contribution in [-0.4, -0.2) is 18.3 Å². The minimum absolute atomic E-state index is 0. The molecule has 3 N–H and O–H groups in total. The van der Waals surface area contributed by atoms with Gasteiger partial charge in [-0.3, -0.25) is 0 Å². The highest BCUT2D eigenvalue weighted by Crippen LogP contribution is 2.11. The van der Waals surface area contributed by atoms with Gasteiger partial charge in [-0.05, 0) is 45.1 Å². The highest BCUT2D eigenvalue weighted by atomic mass is 35.5. The average Bonchev–Trinajstić information content (AvgIpc) is 2.54. The molecule has 0 spiro atoms. The van der Waals surface area contributed by atoms with Crippen LogP contribution in [0.3, 0.4) is 0 Å². The second-order valence-electron chi connectivity index (χ2n) is 6.51. The molecular weight excluding hydrogens is 306 g/mol. The second-order valence-corrected chi connectivity index (χ2v) is 6.51. The molecule has 0 aromatic rings. The first-order valence-corrected chi connectivity index (χ1v) is 9.87. The minimum Gasteiger partial charge on any atom is -0.396 e. The van der Waals surface area contributed by atoms with Crippen LogP contribution in [0, 0.1) is 0 Å². The average molecular weight is 348 g/mol. The van der Waals surface area contributed by atoms with E-state index in [0.29, 0.717) is 6.61 Å². The lowest BCUT2D eigenvalue weighted by Gasteiger charge is -2.00. The van der Waals surface area contributed by atoms with E-state index < -0.39 is 0 Å². The van der Waals surface area contributed by atoms with E-state index in [9.17, 15) is 0 Å². The standard InChI is InChI=1S/C20H41NO.ClH/c21-19-17-15-13-11-9-7-5-3-1-2-4-6-8-10-12-14-16-18-20-22;/h1,3,22H,2,4-21H2;1H. The van der Waals surface area contributed by atoms with Gasteiger partial charge in [0, 0.05) is 6.61 Å². The fraction of sp³-hybridized carbons (Fsp3) is 0.900. The van der Waals surface area contributed by atoms with E-state index >= 15 is 0 Å². The first-order chi connectivity index (χ1) is 10.9. The summed E-state index contributed by atoms with van der Waals surface area (Å²) >= 11 is 0. The fourth-order valence-electron chi connectivity index (χ4n) is 2.78. The summed E-state index contributed by atoms with van der Waals surface area (Å²) in [5.74, 6) is 0. The van der Waals surface area contributed by atoms with Crippen LogP contribution >= 0.6 is 12.4 Å². The molecule has 2 nitrogen and oxygen atoms in total. The Balaban J connectivity index is 0. The Bertz CT molecular complexity index is 222. The summed E-state index contributed by atoms with van der Waals surface area (Å²) in [6.07, 6.45) is 25.6. The van der Waals surface area contributed by atoms with E-state index in [-0.39, 0.29) is 12.4 Å². The smallest absolute Gasteiger partial charge is 0.0431 e. The molecule has 0 aromatic heterocycles. The summed E-state index contributed by atoms with van der Waals surface area (Å²) in [5.41, 5.74) is 5.48. The number of hydrogen-bond donors (Lipinski definition) is 2. The van der Waals surface area contributed by atoms with E-state index in [1.54, 1.807) is 0 Å². The van der Waals surface area contributed by atoms with Gasteiger partial charge >= 0.3 is 0 Å². The molecule has 0 saturated carbocycles. The number of rotatable bonds is 18. The predicted octanol–water partition coefficient (Wildman–Crippen LogP) is 6.16. The molecule has 0 radical (unpaired) electrons. The number of allylic oxidation sites excluding steroid dienone is 2. The van der Waals surface area contributed by atoms with E-state index in [1.165, 1.54) is 96.3 Å². The topological polar surface area (TPSA) is 46.2 Å². The summed E-state index contributed by atoms with van der Waals surface area (Å²) < 4.78 is 0. The van der Waals surface area contributed by atoms with Crippen molar-refractivity contribution in [3.8, 4) is 0 Å². The fourth-order valence-corrected chi connectivity index (χ4v) is 2.78. The summed E-state index contributed by atoms with van der Waals surface area (Å²) in [6.45, 7) is 1.22. The Labute approximate surface area is 151 Å². The SMILES string of the molecule is Cl.NCCCCCCCCC=CCCCCCCCCCCO. The highest BCUT2D eigenvalue weighted by molar-refractivity contribution is 5.85. The molecule has 3 heteroatoms. The molecule has 140 valence electrons. The van der Waals surface area contributed by atoms with E-state index in [2.05, 4.69) is 12.2 Å². The van der Waals surface area contributed by atoms with Crippen molar-refractivity contribution in [2.75, 3.05) is 13.2 Å². The van der Waals surface area contributed by atoms with Crippen molar-refractivity contribution in [2.45, 2.75) is 103 Å². The van der Waals surface area contributed by atoms with Crippen LogP contribution < -0.4 is 5.73 Å². The van der Waals surface area contributed by atoms with Crippen LogP contribution in [0.4, 0.5) is 0 Å². The zero-order chi connectivity index (χ0) is 16.1. The van der Waals surface area contributed by atoms with Crippen LogP contribution in [0.2, 0.25) is 0 Å². The maximum Gasteiger partial charge on any atom is 0.0431 e. The quantitative estimate of drug-likeness (QED) is 0.230. The number of hydrogen-bond acceptors (Lipinski definition) is 2. The Hall–Kier alpha value is -0.0500. The summed E-state index contributed by atoms with van der Waals surface area (Å²) in [6, 6.07) is 0. The molecule has 0 aliphatic carbocycles. The Kier molecular flexibility index (Phi) is 26.5. The van der Waals surface area contributed by atoms with Gasteiger partial charge < -0.3 is 10.8 Å². The largest absolute Gasteiger partial charge is 0.396 e. The van der Waals surface area contributed by atoms with Gasteiger partial charge in [0.1, 0.15) is 0 Å². The summed E-state index contributed by atoms with van der Waals surface area (Å²) in [4.78, 5) is 0. The number of aliphatic hydroxyl groups excluding tert-OH is 1. The van der Waals surface area contributed by atoms with Gasteiger partial charge in [-0.15, -0.1) is 12.4 Å². The lowest BCUT2D eigenvalue weighted by Crippen LogP contribution is -1.97. The van der Waals surface area contributed by atoms with Crippen LogP contribution in [0.15, 0.2) is 12.2 Å². The molecule has 0 aliphatic heterocycles. The van der Waals surface area contributed by atoms with Crippen LogP contribution in [0.5, 0.6) is 0 Å². The third-order valence-corrected chi connectivity index (χ3v) is 4.27. The van der Waals surface area contributed by atoms with Crippen LogP contribution in [-0.2, 0) is 0 Å². The Morgan fingerprint density at radius 1 is 0.522 bits per heavy atom. The molecule has 0 atom stereocenters. The molecule has 0 unspecified atom stereocenters. The zero-order valence-electron chi connectivity index (χ0n) is 15.3. The van der Waals surface area contributed by atoms with Crippen molar-refractivity contribution < 1.29 is 5.11 Å². The molecule has 0 saturated heterocycles. The number of nitrogens with two attached hydrogens (primary N) is 1. The molecule has 0 bridgehead atoms. The maximum atomic E-state index is 8.69. The molecule has 0 heterocycles. The van der Waals surface area contributed by atoms with Crippen molar-refractivity contribution in [3.05, 3.63) is 12.2 Å². The third kappa shape index (κ3) is 24.3. The number of halogens is 1. The lowest BCUT2D eigenvalue weighted by atomic mass is 10.1. The molecule has 0 rings (SSSR count). The van der Waals surface area contributed by atoms with Gasteiger partial charge in [0.15, 0.2) is 0 Å². The maximum absolute atomic E-state index is 8.69. The molecule has 0 aromatic carbocycles. The first kappa shape index (κ1) is 25.2. The van der Waals surface area contributed by atoms with Gasteiger partial charge in [-0.25, -0.2) is 0 Å².